The molecule has 0 unspecified atom stereocenters. The Hall–Kier alpha value is 0.676. The smallest absolute Gasteiger partial charge is 1.00 e. The van der Waals surface area contributed by atoms with E-state index >= 15 is 0 Å². The van der Waals surface area contributed by atoms with Gasteiger partial charge in [-0.25, -0.2) is 5.84 Å². The average molecular weight is 193 g/mol. The Kier molecular flexibility index (Phi) is 140. The van der Waals surface area contributed by atoms with Crippen molar-refractivity contribution >= 4 is 29.5 Å². The number of halogens is 1. The first-order valence-electron chi connectivity index (χ1n) is 1.52. The molecule has 3 nitrogen and oxygen atoms in total. The van der Waals surface area contributed by atoms with E-state index in [9.17, 15) is 0 Å². The summed E-state index contributed by atoms with van der Waals surface area (Å²) >= 11 is 0. The van der Waals surface area contributed by atoms with Crippen LogP contribution in [-0.2, 0) is 4.79 Å². The van der Waals surface area contributed by atoms with E-state index in [2.05, 4.69) is 12.8 Å². The van der Waals surface area contributed by atoms with Gasteiger partial charge in [0.05, 0.1) is 0 Å². The van der Waals surface area contributed by atoms with Crippen LogP contribution < -0.4 is 28.2 Å². The van der Waals surface area contributed by atoms with Crippen LogP contribution in [0.5, 0.6) is 0 Å². The summed E-state index contributed by atoms with van der Waals surface area (Å²) in [5, 5.41) is 0. The molecule has 0 rings (SSSR count). The van der Waals surface area contributed by atoms with E-state index in [0.29, 0.717) is 6.41 Å². The van der Waals surface area contributed by atoms with Crippen LogP contribution in [0, 0.1) is 6.92 Å². The van der Waals surface area contributed by atoms with Gasteiger partial charge in [0.1, 0.15) is 0 Å². The van der Waals surface area contributed by atoms with Crippen molar-refractivity contribution in [2.75, 3.05) is 0 Å². The summed E-state index contributed by atoms with van der Waals surface area (Å²) in [6.45, 7) is 5.00. The monoisotopic (exact) mass is 192 g/mol. The summed E-state index contributed by atoms with van der Waals surface area (Å²) in [5.41, 5.74) is 1.75. The molecule has 0 aromatic carbocycles. The van der Waals surface area contributed by atoms with Gasteiger partial charge in [0, 0.05) is 0 Å². The predicted molar refractivity (Wildman–Crippen MR) is 30.2 cm³/mol. The minimum Gasteiger partial charge on any atom is -1.00 e. The summed E-state index contributed by atoms with van der Waals surface area (Å²) < 4.78 is 0. The zero-order valence-corrected chi connectivity index (χ0v) is 7.86. The first-order valence-corrected chi connectivity index (χ1v) is 1.52. The molecular weight excluding hydrogens is 184 g/mol. The van der Waals surface area contributed by atoms with Gasteiger partial charge in [0.25, 0.3) is 0 Å². The van der Waals surface area contributed by atoms with Crippen molar-refractivity contribution in [1.29, 1.82) is 0 Å². The molecule has 0 atom stereocenters. The number of rotatable bonds is 1. The summed E-state index contributed by atoms with van der Waals surface area (Å²) in [6, 6.07) is 0. The van der Waals surface area contributed by atoms with Crippen LogP contribution >= 0.6 is 0 Å². The number of nitrogens with two attached hydrogens (primary N) is 1. The number of hydrazine groups is 1. The molecule has 0 aliphatic carbocycles. The van der Waals surface area contributed by atoms with Gasteiger partial charge in [-0.3, -0.25) is 10.2 Å². The van der Waals surface area contributed by atoms with Gasteiger partial charge in [-0.05, 0) is 0 Å². The van der Waals surface area contributed by atoms with Crippen molar-refractivity contribution in [3.63, 3.8) is 0 Å². The third-order valence-electron chi connectivity index (χ3n) is 0.0680. The van der Waals surface area contributed by atoms with E-state index in [1.807, 2.05) is 0 Å². The number of amides is 1. The minimum atomic E-state index is 0. The van der Waals surface area contributed by atoms with Crippen LogP contribution in [-0.4, -0.2) is 29.5 Å². The molecule has 0 bridgehead atoms. The Morgan fingerprint density at radius 2 is 1.75 bits per heavy atom. The summed E-state index contributed by atoms with van der Waals surface area (Å²) in [7, 11) is 0. The van der Waals surface area contributed by atoms with Gasteiger partial charge in [0.15, 0.2) is 0 Å². The van der Waals surface area contributed by atoms with Crippen molar-refractivity contribution in [2.45, 2.75) is 6.92 Å². The molecular formula is C3H9BrMgN2O. The second-order valence-corrected chi connectivity index (χ2v) is 0.285. The fourth-order valence-electron chi connectivity index (χ4n) is 0. The Morgan fingerprint density at radius 1 is 1.62 bits per heavy atom. The number of hydrogen-bond acceptors (Lipinski definition) is 2. The van der Waals surface area contributed by atoms with E-state index in [0.717, 1.165) is 0 Å². The van der Waals surface area contributed by atoms with Crippen molar-refractivity contribution in [1.82, 2.24) is 5.43 Å². The maximum atomic E-state index is 8.94. The predicted octanol–water partition coefficient (Wildman–Crippen LogP) is -3.93. The summed E-state index contributed by atoms with van der Waals surface area (Å²) in [4.78, 5) is 8.94. The van der Waals surface area contributed by atoms with Crippen LogP contribution in [0.4, 0.5) is 0 Å². The molecule has 5 heteroatoms. The first-order chi connectivity index (χ1) is 2.91. The van der Waals surface area contributed by atoms with Crippen molar-refractivity contribution < 1.29 is 21.8 Å². The molecule has 0 aliphatic rings. The Balaban J connectivity index is -0.0000000183. The average Bonchev–Trinajstić information content (AvgIpc) is 1.72. The number of carbonyl (C=O) groups excluding carboxylic acids is 1. The van der Waals surface area contributed by atoms with E-state index in [-0.39, 0.29) is 40.0 Å². The largest absolute Gasteiger partial charge is 2.00 e. The van der Waals surface area contributed by atoms with E-state index in [4.69, 9.17) is 4.79 Å². The molecule has 0 spiro atoms. The fourth-order valence-corrected chi connectivity index (χ4v) is 0. The second-order valence-electron chi connectivity index (χ2n) is 0.285. The molecule has 0 aromatic rings. The molecule has 3 N–H and O–H groups in total. The Bertz CT molecular complexity index is 31.2. The van der Waals surface area contributed by atoms with Crippen LogP contribution in [0.15, 0.2) is 0 Å². The van der Waals surface area contributed by atoms with Crippen LogP contribution in [0.25, 0.3) is 0 Å². The second kappa shape index (κ2) is 47.8. The van der Waals surface area contributed by atoms with Crippen molar-refractivity contribution in [2.24, 2.45) is 5.84 Å². The normalized spacial score (nSPS) is 3.38. The fraction of sp³-hybridized carbons (Fsp3) is 0.333. The zero-order valence-electron chi connectivity index (χ0n) is 4.86. The number of carbonyl (C=O) groups is 1. The van der Waals surface area contributed by atoms with Crippen molar-refractivity contribution in [3.8, 4) is 0 Å². The molecule has 0 aliphatic heterocycles. The molecule has 0 heterocycles. The van der Waals surface area contributed by atoms with Gasteiger partial charge in [0.2, 0.25) is 6.41 Å². The van der Waals surface area contributed by atoms with Gasteiger partial charge in [-0.15, -0.1) is 0 Å². The van der Waals surface area contributed by atoms with E-state index < -0.39 is 0 Å². The molecule has 46 valence electrons. The zero-order chi connectivity index (χ0) is 5.41. The Labute approximate surface area is 76.3 Å². The maximum Gasteiger partial charge on any atom is 2.00 e. The van der Waals surface area contributed by atoms with Crippen LogP contribution in [0.1, 0.15) is 6.92 Å². The molecule has 0 radical (unpaired) electrons. The van der Waals surface area contributed by atoms with Gasteiger partial charge in [-0.1, -0.05) is 0 Å². The van der Waals surface area contributed by atoms with Gasteiger partial charge >= 0.3 is 23.1 Å². The first kappa shape index (κ1) is 23.4. The quantitative estimate of drug-likeness (QED) is 0.112. The Morgan fingerprint density at radius 3 is 1.75 bits per heavy atom. The number of hydrogen-bond donors (Lipinski definition) is 2. The molecule has 8 heavy (non-hydrogen) atoms. The van der Waals surface area contributed by atoms with Gasteiger partial charge in [-0.2, -0.15) is 6.92 Å². The van der Waals surface area contributed by atoms with Gasteiger partial charge < -0.3 is 23.9 Å². The summed E-state index contributed by atoms with van der Waals surface area (Å²) in [6.07, 6.45) is 0.403. The molecule has 0 saturated heterocycles. The third kappa shape index (κ3) is 76.6. The maximum absolute atomic E-state index is 8.94. The van der Waals surface area contributed by atoms with E-state index in [1.54, 1.807) is 12.3 Å². The minimum absolute atomic E-state index is 0. The van der Waals surface area contributed by atoms with Crippen LogP contribution in [0.3, 0.4) is 0 Å². The molecule has 0 saturated carbocycles. The summed E-state index contributed by atoms with van der Waals surface area (Å²) in [5.74, 6) is 4.41. The molecule has 0 aromatic heterocycles. The molecule has 0 fully saturated rings. The van der Waals surface area contributed by atoms with Crippen molar-refractivity contribution in [3.05, 3.63) is 6.92 Å². The van der Waals surface area contributed by atoms with Crippen LogP contribution in [0.2, 0.25) is 0 Å². The SMILES string of the molecule is NNC=O.[Br-].[CH2-]C.[Mg+2]. The molecule has 1 amide bonds. The van der Waals surface area contributed by atoms with E-state index in [1.165, 1.54) is 0 Å². The topological polar surface area (TPSA) is 55.1 Å². The number of nitrogens with one attached hydrogen (secondary N) is 1. The standard InChI is InChI=1S/C2H5.CH4N2O.BrH.Mg/c1-2;2-3-1-4;;/h1H2,2H3;1H,2H2,(H,3,4);1H;/q-1;;;+2/p-1. The third-order valence-corrected chi connectivity index (χ3v) is 0.0680.